The van der Waals surface area contributed by atoms with Gasteiger partial charge >= 0.3 is 5.97 Å². The first-order valence-electron chi connectivity index (χ1n) is 9.06. The van der Waals surface area contributed by atoms with Gasteiger partial charge < -0.3 is 19.3 Å². The van der Waals surface area contributed by atoms with Crippen LogP contribution in [0, 0.1) is 0 Å². The Balaban J connectivity index is 2.67. The van der Waals surface area contributed by atoms with Crippen LogP contribution in [0.1, 0.15) is 18.1 Å². The number of aliphatic hydroxyl groups is 1. The summed E-state index contributed by atoms with van der Waals surface area (Å²) in [5, 5.41) is 9.40. The molecule has 0 aliphatic rings. The molecule has 0 aromatic heterocycles. The summed E-state index contributed by atoms with van der Waals surface area (Å²) in [7, 11) is -0.0838. The van der Waals surface area contributed by atoms with E-state index in [0.717, 1.165) is 0 Å². The fraction of sp³-hybridized carbons (Fsp3) is 0.286. The Morgan fingerprint density at radius 2 is 1.87 bits per heavy atom. The third-order valence-corrected chi connectivity index (χ3v) is 6.22. The molecule has 0 aliphatic heterocycles. The molecule has 0 atom stereocenters. The molecule has 0 unspecified atom stereocenters. The number of rotatable bonds is 9. The third kappa shape index (κ3) is 4.92. The van der Waals surface area contributed by atoms with Crippen LogP contribution < -0.4 is 13.8 Å². The summed E-state index contributed by atoms with van der Waals surface area (Å²) in [6, 6.07) is 9.57. The van der Waals surface area contributed by atoms with Crippen LogP contribution in [-0.2, 0) is 26.2 Å². The first-order valence-corrected chi connectivity index (χ1v) is 10.5. The molecule has 0 spiro atoms. The number of anilines is 1. The predicted octanol–water partition coefficient (Wildman–Crippen LogP) is 2.60. The summed E-state index contributed by atoms with van der Waals surface area (Å²) >= 11 is 0. The van der Waals surface area contributed by atoms with E-state index in [4.69, 9.17) is 9.47 Å². The Kier molecular flexibility index (Phi) is 7.85. The van der Waals surface area contributed by atoms with E-state index in [-0.39, 0.29) is 29.5 Å². The number of sulfonamides is 1. The molecule has 1 N–H and O–H groups in total. The Labute approximate surface area is 176 Å². The van der Waals surface area contributed by atoms with Gasteiger partial charge in [-0.1, -0.05) is 12.1 Å². The maximum Gasteiger partial charge on any atom is 0.330 e. The number of esters is 1. The second-order valence-electron chi connectivity index (χ2n) is 6.11. The smallest absolute Gasteiger partial charge is 0.330 e. The second kappa shape index (κ2) is 10.1. The summed E-state index contributed by atoms with van der Waals surface area (Å²) in [4.78, 5) is 11.3. The Hall–Kier alpha value is -3.04. The molecule has 9 heteroatoms. The minimum Gasteiger partial charge on any atom is -0.493 e. The Morgan fingerprint density at radius 3 is 2.43 bits per heavy atom. The van der Waals surface area contributed by atoms with Crippen molar-refractivity contribution in [3.63, 3.8) is 0 Å². The van der Waals surface area contributed by atoms with Crippen LogP contribution in [0.4, 0.5) is 5.69 Å². The first kappa shape index (κ1) is 23.2. The van der Waals surface area contributed by atoms with E-state index >= 15 is 0 Å². The molecule has 30 heavy (non-hydrogen) atoms. The molecule has 2 rings (SSSR count). The fourth-order valence-electron chi connectivity index (χ4n) is 2.89. The summed E-state index contributed by atoms with van der Waals surface area (Å²) in [6.45, 7) is 1.63. The summed E-state index contributed by atoms with van der Waals surface area (Å²) < 4.78 is 43.6. The molecule has 162 valence electrons. The fourth-order valence-corrected chi connectivity index (χ4v) is 4.56. The Morgan fingerprint density at radius 1 is 1.13 bits per heavy atom. The SMILES string of the molecule is CCN(c1cccc(CO)c1)S(=O)(=O)c1cc(/C=C\C(=O)OC)cc(OC)c1OC. The van der Waals surface area contributed by atoms with Crippen molar-refractivity contribution in [2.24, 2.45) is 0 Å². The number of hydrogen-bond acceptors (Lipinski definition) is 7. The maximum absolute atomic E-state index is 13.6. The number of carbonyl (C=O) groups is 1. The van der Waals surface area contributed by atoms with Crippen molar-refractivity contribution in [1.29, 1.82) is 0 Å². The number of aliphatic hydroxyl groups excluding tert-OH is 1. The van der Waals surface area contributed by atoms with Gasteiger partial charge in [0.25, 0.3) is 10.0 Å². The highest BCUT2D eigenvalue weighted by atomic mass is 32.2. The van der Waals surface area contributed by atoms with E-state index in [9.17, 15) is 18.3 Å². The van der Waals surface area contributed by atoms with Crippen molar-refractivity contribution in [1.82, 2.24) is 0 Å². The standard InChI is InChI=1S/C21H25NO7S/c1-5-22(17-8-6-7-16(11-17)14-23)30(25,26)19-13-15(9-10-20(24)28-3)12-18(27-2)21(19)29-4/h6-13,23H,5,14H2,1-4H3/b10-9-. The van der Waals surface area contributed by atoms with Crippen molar-refractivity contribution in [3.05, 3.63) is 53.6 Å². The lowest BCUT2D eigenvalue weighted by atomic mass is 10.2. The zero-order valence-corrected chi connectivity index (χ0v) is 18.1. The van der Waals surface area contributed by atoms with E-state index in [1.807, 2.05) is 0 Å². The normalized spacial score (nSPS) is 11.4. The van der Waals surface area contributed by atoms with Gasteiger partial charge in [0.2, 0.25) is 0 Å². The lowest BCUT2D eigenvalue weighted by Crippen LogP contribution is -2.31. The highest BCUT2D eigenvalue weighted by Crippen LogP contribution is 2.38. The summed E-state index contributed by atoms with van der Waals surface area (Å²) in [5.41, 5.74) is 1.40. The van der Waals surface area contributed by atoms with E-state index in [1.165, 1.54) is 43.9 Å². The highest BCUT2D eigenvalue weighted by Gasteiger charge is 2.30. The number of ether oxygens (including phenoxy) is 3. The van der Waals surface area contributed by atoms with Crippen LogP contribution in [0.15, 0.2) is 47.4 Å². The van der Waals surface area contributed by atoms with E-state index in [1.54, 1.807) is 37.3 Å². The van der Waals surface area contributed by atoms with Crippen molar-refractivity contribution < 1.29 is 32.5 Å². The number of nitrogens with zero attached hydrogens (tertiary/aromatic N) is 1. The molecule has 0 bridgehead atoms. The third-order valence-electron chi connectivity index (χ3n) is 4.32. The molecular weight excluding hydrogens is 410 g/mol. The number of methoxy groups -OCH3 is 3. The van der Waals surface area contributed by atoms with E-state index in [0.29, 0.717) is 16.8 Å². The van der Waals surface area contributed by atoms with Crippen LogP contribution >= 0.6 is 0 Å². The predicted molar refractivity (Wildman–Crippen MR) is 113 cm³/mol. The first-order chi connectivity index (χ1) is 14.3. The lowest BCUT2D eigenvalue weighted by molar-refractivity contribution is -0.134. The minimum absolute atomic E-state index is 0.0458. The van der Waals surface area contributed by atoms with E-state index in [2.05, 4.69) is 4.74 Å². The van der Waals surface area contributed by atoms with Crippen molar-refractivity contribution in [2.45, 2.75) is 18.4 Å². The molecule has 0 heterocycles. The number of carbonyl (C=O) groups excluding carboxylic acids is 1. The zero-order valence-electron chi connectivity index (χ0n) is 17.3. The molecule has 8 nitrogen and oxygen atoms in total. The summed E-state index contributed by atoms with van der Waals surface area (Å²) in [6.07, 6.45) is 2.61. The van der Waals surface area contributed by atoms with Gasteiger partial charge in [0.15, 0.2) is 11.5 Å². The van der Waals surface area contributed by atoms with Gasteiger partial charge in [0.05, 0.1) is 33.6 Å². The zero-order chi connectivity index (χ0) is 22.3. The molecule has 2 aromatic carbocycles. The summed E-state index contributed by atoms with van der Waals surface area (Å²) in [5.74, 6) is -0.335. The Bertz CT molecular complexity index is 1030. The van der Waals surface area contributed by atoms with Gasteiger partial charge in [-0.2, -0.15) is 0 Å². The number of hydrogen-bond donors (Lipinski definition) is 1. The number of benzene rings is 2. The molecular formula is C21H25NO7S. The van der Waals surface area contributed by atoms with Crippen LogP contribution in [0.3, 0.4) is 0 Å². The monoisotopic (exact) mass is 435 g/mol. The lowest BCUT2D eigenvalue weighted by Gasteiger charge is -2.25. The maximum atomic E-state index is 13.6. The van der Waals surface area contributed by atoms with Gasteiger partial charge in [0.1, 0.15) is 4.90 Å². The van der Waals surface area contributed by atoms with Crippen LogP contribution in [0.5, 0.6) is 11.5 Å². The van der Waals surface area contributed by atoms with Crippen molar-refractivity contribution >= 4 is 27.8 Å². The second-order valence-corrected chi connectivity index (χ2v) is 7.94. The van der Waals surface area contributed by atoms with E-state index < -0.39 is 16.0 Å². The van der Waals surface area contributed by atoms with Gasteiger partial charge in [0, 0.05) is 12.6 Å². The average Bonchev–Trinajstić information content (AvgIpc) is 2.76. The van der Waals surface area contributed by atoms with Gasteiger partial charge in [-0.05, 0) is 48.4 Å². The molecule has 0 aliphatic carbocycles. The molecule has 0 amide bonds. The van der Waals surface area contributed by atoms with Crippen LogP contribution in [0.2, 0.25) is 0 Å². The average molecular weight is 435 g/mol. The minimum atomic E-state index is -4.07. The van der Waals surface area contributed by atoms with Gasteiger partial charge in [-0.25, -0.2) is 13.2 Å². The molecule has 0 saturated carbocycles. The van der Waals surface area contributed by atoms with Crippen LogP contribution in [0.25, 0.3) is 6.08 Å². The topological polar surface area (TPSA) is 102 Å². The molecule has 0 radical (unpaired) electrons. The van der Waals surface area contributed by atoms with Crippen LogP contribution in [-0.4, -0.2) is 47.4 Å². The largest absolute Gasteiger partial charge is 0.493 e. The van der Waals surface area contributed by atoms with Crippen molar-refractivity contribution in [2.75, 3.05) is 32.2 Å². The van der Waals surface area contributed by atoms with Crippen molar-refractivity contribution in [3.8, 4) is 11.5 Å². The quantitative estimate of drug-likeness (QED) is 0.477. The van der Waals surface area contributed by atoms with Gasteiger partial charge in [-0.15, -0.1) is 0 Å². The highest BCUT2D eigenvalue weighted by molar-refractivity contribution is 7.93. The molecule has 2 aromatic rings. The molecule has 0 saturated heterocycles. The molecule has 0 fully saturated rings. The van der Waals surface area contributed by atoms with Gasteiger partial charge in [-0.3, -0.25) is 4.31 Å².